The van der Waals surface area contributed by atoms with Crippen molar-refractivity contribution in [3.05, 3.63) is 45.8 Å². The lowest BCUT2D eigenvalue weighted by molar-refractivity contribution is 0.164. The largest absolute Gasteiger partial charge is 0.427 e. The van der Waals surface area contributed by atoms with Gasteiger partial charge in [0.05, 0.1) is 0 Å². The summed E-state index contributed by atoms with van der Waals surface area (Å²) in [6.07, 6.45) is 17.9. The lowest BCUT2D eigenvalue weighted by Crippen LogP contribution is -2.25. The van der Waals surface area contributed by atoms with Crippen LogP contribution < -0.4 is 5.63 Å². The molecule has 1 heterocycles. The van der Waals surface area contributed by atoms with E-state index in [1.165, 1.54) is 64.2 Å². The number of hydrogen-bond donors (Lipinski definition) is 0. The third-order valence-electron chi connectivity index (χ3n) is 8.66. The van der Waals surface area contributed by atoms with Gasteiger partial charge >= 0.3 is 5.63 Å². The molecule has 0 radical (unpaired) electrons. The molecule has 0 bridgehead atoms. The average Bonchev–Trinajstić information content (AvgIpc) is 2.82. The van der Waals surface area contributed by atoms with Gasteiger partial charge in [0.25, 0.3) is 0 Å². The molecule has 0 atom stereocenters. The Balaban J connectivity index is 1.39. The predicted octanol–water partition coefficient (Wildman–Crippen LogP) is 8.94. The van der Waals surface area contributed by atoms with Crippen molar-refractivity contribution in [2.24, 2.45) is 17.8 Å². The topological polar surface area (TPSA) is 30.2 Å². The Morgan fingerprint density at radius 3 is 2.21 bits per heavy atom. The number of hydrogen-bond acceptors (Lipinski definition) is 2. The molecule has 2 fully saturated rings. The van der Waals surface area contributed by atoms with Gasteiger partial charge in [-0.2, -0.15) is 0 Å². The van der Waals surface area contributed by atoms with Crippen molar-refractivity contribution in [3.63, 3.8) is 0 Å². The van der Waals surface area contributed by atoms with Gasteiger partial charge in [-0.15, -0.1) is 0 Å². The Kier molecular flexibility index (Phi) is 8.66. The predicted molar refractivity (Wildman–Crippen MR) is 135 cm³/mol. The molecule has 3 heteroatoms. The van der Waals surface area contributed by atoms with E-state index >= 15 is 4.39 Å². The molecule has 2 aromatic rings. The van der Waals surface area contributed by atoms with E-state index in [0.717, 1.165) is 55.4 Å². The minimum absolute atomic E-state index is 0.155. The van der Waals surface area contributed by atoms with Crippen molar-refractivity contribution in [1.29, 1.82) is 0 Å². The zero-order valence-electron chi connectivity index (χ0n) is 20.8. The van der Waals surface area contributed by atoms with Gasteiger partial charge in [-0.3, -0.25) is 0 Å². The SMILES string of the molecule is CCCCCCCCc1cc2ccc(C3CCC(C4CCC(C)CC4)CC3)c(F)c2c(=O)o1. The lowest BCUT2D eigenvalue weighted by Gasteiger charge is -2.37. The summed E-state index contributed by atoms with van der Waals surface area (Å²) in [6.45, 7) is 4.60. The third kappa shape index (κ3) is 6.08. The summed E-state index contributed by atoms with van der Waals surface area (Å²) in [6, 6.07) is 5.78. The van der Waals surface area contributed by atoms with E-state index in [-0.39, 0.29) is 17.1 Å². The van der Waals surface area contributed by atoms with Gasteiger partial charge in [-0.1, -0.05) is 70.9 Å². The first kappa shape index (κ1) is 24.5. The fourth-order valence-corrected chi connectivity index (χ4v) is 6.48. The summed E-state index contributed by atoms with van der Waals surface area (Å²) >= 11 is 0. The maximum atomic E-state index is 15.5. The number of unbranched alkanes of at least 4 members (excludes halogenated alkanes) is 5. The molecule has 2 aliphatic rings. The van der Waals surface area contributed by atoms with Crippen LogP contribution >= 0.6 is 0 Å². The van der Waals surface area contributed by atoms with E-state index in [9.17, 15) is 4.79 Å². The summed E-state index contributed by atoms with van der Waals surface area (Å²) in [4.78, 5) is 12.7. The summed E-state index contributed by atoms with van der Waals surface area (Å²) in [5.74, 6) is 3.17. The second-order valence-electron chi connectivity index (χ2n) is 11.1. The molecule has 4 rings (SSSR count). The Morgan fingerprint density at radius 1 is 0.879 bits per heavy atom. The van der Waals surface area contributed by atoms with Crippen LogP contribution in [0.5, 0.6) is 0 Å². The zero-order chi connectivity index (χ0) is 23.2. The van der Waals surface area contributed by atoms with Gasteiger partial charge in [-0.25, -0.2) is 9.18 Å². The van der Waals surface area contributed by atoms with E-state index < -0.39 is 5.63 Å². The van der Waals surface area contributed by atoms with Crippen LogP contribution in [-0.4, -0.2) is 0 Å². The molecule has 1 aromatic carbocycles. The van der Waals surface area contributed by atoms with Crippen LogP contribution in [-0.2, 0) is 6.42 Å². The van der Waals surface area contributed by atoms with Crippen molar-refractivity contribution < 1.29 is 8.81 Å². The van der Waals surface area contributed by atoms with Crippen LogP contribution in [0.1, 0.15) is 121 Å². The maximum absolute atomic E-state index is 15.5. The first-order chi connectivity index (χ1) is 16.1. The van der Waals surface area contributed by atoms with E-state index in [0.29, 0.717) is 11.1 Å². The summed E-state index contributed by atoms with van der Waals surface area (Å²) in [5.41, 5.74) is 0.229. The van der Waals surface area contributed by atoms with Crippen LogP contribution in [0, 0.1) is 23.6 Å². The number of rotatable bonds is 9. The fourth-order valence-electron chi connectivity index (χ4n) is 6.48. The Hall–Kier alpha value is -1.64. The van der Waals surface area contributed by atoms with Crippen molar-refractivity contribution in [1.82, 2.24) is 0 Å². The number of aryl methyl sites for hydroxylation is 1. The van der Waals surface area contributed by atoms with Gasteiger partial charge in [0.15, 0.2) is 0 Å². The van der Waals surface area contributed by atoms with Crippen molar-refractivity contribution in [2.45, 2.75) is 116 Å². The summed E-state index contributed by atoms with van der Waals surface area (Å²) < 4.78 is 21.1. The fraction of sp³-hybridized carbons (Fsp3) is 0.700. The molecule has 0 aliphatic heterocycles. The lowest BCUT2D eigenvalue weighted by atomic mass is 9.68. The molecular formula is C30H43FO2. The van der Waals surface area contributed by atoms with E-state index in [1.807, 2.05) is 18.2 Å². The quantitative estimate of drug-likeness (QED) is 0.354. The van der Waals surface area contributed by atoms with E-state index in [1.54, 1.807) is 0 Å². The second kappa shape index (κ2) is 11.7. The van der Waals surface area contributed by atoms with Gasteiger partial charge < -0.3 is 4.42 Å². The van der Waals surface area contributed by atoms with Crippen LogP contribution in [0.25, 0.3) is 10.8 Å². The monoisotopic (exact) mass is 454 g/mol. The molecule has 0 unspecified atom stereocenters. The molecule has 0 amide bonds. The van der Waals surface area contributed by atoms with Gasteiger partial charge in [0.1, 0.15) is 17.0 Å². The zero-order valence-corrected chi connectivity index (χ0v) is 20.8. The molecule has 182 valence electrons. The molecule has 2 saturated carbocycles. The molecule has 1 aromatic heterocycles. The molecule has 33 heavy (non-hydrogen) atoms. The number of fused-ring (bicyclic) bond motifs is 1. The number of benzene rings is 1. The van der Waals surface area contributed by atoms with Crippen molar-refractivity contribution >= 4 is 10.8 Å². The third-order valence-corrected chi connectivity index (χ3v) is 8.66. The van der Waals surface area contributed by atoms with Crippen molar-refractivity contribution in [3.8, 4) is 0 Å². The normalized spacial score (nSPS) is 26.0. The molecular weight excluding hydrogens is 411 g/mol. The smallest absolute Gasteiger partial charge is 0.346 e. The first-order valence-corrected chi connectivity index (χ1v) is 13.8. The Labute approximate surface area is 199 Å². The molecule has 0 spiro atoms. The summed E-state index contributed by atoms with van der Waals surface area (Å²) in [7, 11) is 0. The molecule has 0 N–H and O–H groups in total. The van der Waals surface area contributed by atoms with Crippen LogP contribution in [0.15, 0.2) is 27.4 Å². The van der Waals surface area contributed by atoms with Gasteiger partial charge in [0.2, 0.25) is 0 Å². The maximum Gasteiger partial charge on any atom is 0.346 e. The summed E-state index contributed by atoms with van der Waals surface area (Å²) in [5, 5.41) is 0.848. The average molecular weight is 455 g/mol. The van der Waals surface area contributed by atoms with E-state index in [4.69, 9.17) is 4.42 Å². The van der Waals surface area contributed by atoms with Crippen LogP contribution in [0.4, 0.5) is 4.39 Å². The highest BCUT2D eigenvalue weighted by Crippen LogP contribution is 2.44. The highest BCUT2D eigenvalue weighted by Gasteiger charge is 2.31. The standard InChI is InChI=1S/C30H43FO2/c1-3-4-5-6-7-8-9-26-20-25-18-19-27(29(31)28(25)30(32)33-26)24-16-14-23(15-17-24)22-12-10-21(2)11-13-22/h18-24H,3-17H2,1-2H3. The molecule has 2 aliphatic carbocycles. The van der Waals surface area contributed by atoms with E-state index in [2.05, 4.69) is 13.8 Å². The Bertz CT molecular complexity index is 946. The highest BCUT2D eigenvalue weighted by atomic mass is 19.1. The minimum atomic E-state index is -0.502. The highest BCUT2D eigenvalue weighted by molar-refractivity contribution is 5.83. The minimum Gasteiger partial charge on any atom is -0.427 e. The van der Waals surface area contributed by atoms with Gasteiger partial charge in [-0.05, 0) is 85.6 Å². The molecule has 0 saturated heterocycles. The number of halogens is 1. The first-order valence-electron chi connectivity index (χ1n) is 13.8. The van der Waals surface area contributed by atoms with Crippen LogP contribution in [0.2, 0.25) is 0 Å². The van der Waals surface area contributed by atoms with Crippen molar-refractivity contribution in [2.75, 3.05) is 0 Å². The Morgan fingerprint density at radius 2 is 1.52 bits per heavy atom. The van der Waals surface area contributed by atoms with Gasteiger partial charge in [0, 0.05) is 6.42 Å². The molecule has 2 nitrogen and oxygen atoms in total. The second-order valence-corrected chi connectivity index (χ2v) is 11.1. The van der Waals surface area contributed by atoms with Crippen LogP contribution in [0.3, 0.4) is 0 Å².